The number of aryl methyl sites for hydroxylation is 1. The lowest BCUT2D eigenvalue weighted by Crippen LogP contribution is -2.36. The lowest BCUT2D eigenvalue weighted by atomic mass is 9.96. The highest BCUT2D eigenvalue weighted by Gasteiger charge is 2.47. The Bertz CT molecular complexity index is 982. The number of anilines is 1. The van der Waals surface area contributed by atoms with Gasteiger partial charge in [0.1, 0.15) is 5.82 Å². The van der Waals surface area contributed by atoms with Crippen LogP contribution in [-0.2, 0) is 6.54 Å². The van der Waals surface area contributed by atoms with Gasteiger partial charge in [0.15, 0.2) is 11.8 Å². The summed E-state index contributed by atoms with van der Waals surface area (Å²) in [5.74, 6) is -0.0546. The maximum atomic E-state index is 13.7. The number of ketones is 1. The number of fused-ring (bicyclic) bond motifs is 1. The quantitative estimate of drug-likeness (QED) is 0.443. The number of benzene rings is 1. The predicted octanol–water partition coefficient (Wildman–Crippen LogP) is 4.79. The molecule has 0 saturated carbocycles. The Morgan fingerprint density at radius 2 is 2.00 bits per heavy atom. The second kappa shape index (κ2) is 8.33. The molecule has 0 bridgehead atoms. The second-order valence-electron chi connectivity index (χ2n) is 7.43. The number of unbranched alkanes of at least 4 members (excludes halogenated alkanes) is 1. The van der Waals surface area contributed by atoms with Crippen molar-refractivity contribution in [1.29, 1.82) is 0 Å². The maximum absolute atomic E-state index is 13.7. The molecule has 0 amide bonds. The van der Waals surface area contributed by atoms with Crippen molar-refractivity contribution in [2.24, 2.45) is 0 Å². The van der Waals surface area contributed by atoms with E-state index in [9.17, 15) is 18.0 Å². The van der Waals surface area contributed by atoms with Gasteiger partial charge in [-0.15, -0.1) is 0 Å². The molecule has 0 aliphatic carbocycles. The average Bonchev–Trinajstić information content (AvgIpc) is 3.40. The molecule has 1 aliphatic rings. The maximum Gasteiger partial charge on any atom is 0.410 e. The van der Waals surface area contributed by atoms with Gasteiger partial charge in [-0.2, -0.15) is 18.3 Å². The highest BCUT2D eigenvalue weighted by atomic mass is 19.4. The molecule has 4 rings (SSSR count). The number of imidazole rings is 1. The fourth-order valence-corrected chi connectivity index (χ4v) is 3.80. The van der Waals surface area contributed by atoms with Crippen LogP contribution in [0.1, 0.15) is 53.7 Å². The number of alkyl halides is 3. The molecule has 30 heavy (non-hydrogen) atoms. The molecule has 3 aromatic rings. The molecule has 0 spiro atoms. The summed E-state index contributed by atoms with van der Waals surface area (Å²) < 4.78 is 44.0. The van der Waals surface area contributed by atoms with Crippen molar-refractivity contribution in [1.82, 2.24) is 19.3 Å². The number of hydrogen-bond acceptors (Lipinski definition) is 4. The van der Waals surface area contributed by atoms with Gasteiger partial charge in [-0.05, 0) is 18.4 Å². The predicted molar refractivity (Wildman–Crippen MR) is 105 cm³/mol. The van der Waals surface area contributed by atoms with Gasteiger partial charge in [-0.25, -0.2) is 9.67 Å². The Hall–Kier alpha value is -3.10. The highest BCUT2D eigenvalue weighted by molar-refractivity contribution is 6.00. The van der Waals surface area contributed by atoms with Crippen LogP contribution in [0.15, 0.2) is 55.2 Å². The SMILES string of the molecule is O=C(CCCCn1ccnc1)c1cnn2c1NC(c1ccccc1)CC2C(F)(F)F. The van der Waals surface area contributed by atoms with Crippen molar-refractivity contribution in [2.45, 2.75) is 50.5 Å². The molecule has 158 valence electrons. The molecule has 3 heterocycles. The van der Waals surface area contributed by atoms with Gasteiger partial charge in [0.05, 0.1) is 24.1 Å². The molecule has 1 N–H and O–H groups in total. The van der Waals surface area contributed by atoms with Crippen molar-refractivity contribution < 1.29 is 18.0 Å². The number of carbonyl (C=O) groups excluding carboxylic acids is 1. The topological polar surface area (TPSA) is 64.7 Å². The smallest absolute Gasteiger partial charge is 0.363 e. The van der Waals surface area contributed by atoms with E-state index in [-0.39, 0.29) is 30.0 Å². The molecule has 0 fully saturated rings. The summed E-state index contributed by atoms with van der Waals surface area (Å²) in [7, 11) is 0. The molecule has 0 saturated heterocycles. The van der Waals surface area contributed by atoms with Crippen LogP contribution in [0.5, 0.6) is 0 Å². The van der Waals surface area contributed by atoms with E-state index < -0.39 is 18.3 Å². The van der Waals surface area contributed by atoms with Gasteiger partial charge >= 0.3 is 6.18 Å². The third-order valence-electron chi connectivity index (χ3n) is 5.37. The first-order valence-electron chi connectivity index (χ1n) is 9.88. The monoisotopic (exact) mass is 417 g/mol. The van der Waals surface area contributed by atoms with Crippen molar-refractivity contribution in [3.63, 3.8) is 0 Å². The van der Waals surface area contributed by atoms with Gasteiger partial charge < -0.3 is 9.88 Å². The third-order valence-corrected chi connectivity index (χ3v) is 5.37. The first-order valence-corrected chi connectivity index (χ1v) is 9.88. The number of rotatable bonds is 7. The van der Waals surface area contributed by atoms with Gasteiger partial charge in [-0.3, -0.25) is 4.79 Å². The first-order chi connectivity index (χ1) is 14.4. The minimum absolute atomic E-state index is 0.150. The summed E-state index contributed by atoms with van der Waals surface area (Å²) in [6, 6.07) is 6.65. The second-order valence-corrected chi connectivity index (χ2v) is 7.43. The van der Waals surface area contributed by atoms with Crippen LogP contribution < -0.4 is 5.32 Å². The van der Waals surface area contributed by atoms with E-state index in [0.717, 1.165) is 23.2 Å². The Morgan fingerprint density at radius 3 is 2.70 bits per heavy atom. The first kappa shape index (κ1) is 20.2. The normalized spacial score (nSPS) is 18.6. The minimum atomic E-state index is -4.46. The third kappa shape index (κ3) is 4.24. The zero-order valence-electron chi connectivity index (χ0n) is 16.2. The summed E-state index contributed by atoms with van der Waals surface area (Å²) in [5, 5.41) is 7.05. The Kier molecular flexibility index (Phi) is 5.61. The number of halogens is 3. The van der Waals surface area contributed by atoms with Crippen molar-refractivity contribution in [3.8, 4) is 0 Å². The largest absolute Gasteiger partial charge is 0.410 e. The zero-order chi connectivity index (χ0) is 21.1. The molecule has 2 unspecified atom stereocenters. The van der Waals surface area contributed by atoms with Crippen molar-refractivity contribution in [2.75, 3.05) is 5.32 Å². The van der Waals surface area contributed by atoms with Crippen LogP contribution in [0.2, 0.25) is 0 Å². The van der Waals surface area contributed by atoms with Gasteiger partial charge in [-0.1, -0.05) is 30.3 Å². The summed E-state index contributed by atoms with van der Waals surface area (Å²) >= 11 is 0. The number of nitrogens with zero attached hydrogens (tertiary/aromatic N) is 4. The van der Waals surface area contributed by atoms with Gasteiger partial charge in [0.2, 0.25) is 0 Å². The summed E-state index contributed by atoms with van der Waals surface area (Å²) in [6.45, 7) is 0.740. The van der Waals surface area contributed by atoms with E-state index >= 15 is 0 Å². The van der Waals surface area contributed by atoms with E-state index in [4.69, 9.17) is 0 Å². The summed E-state index contributed by atoms with van der Waals surface area (Å²) in [4.78, 5) is 16.7. The molecular weight excluding hydrogens is 395 g/mol. The van der Waals surface area contributed by atoms with E-state index in [1.165, 1.54) is 6.20 Å². The molecule has 9 heteroatoms. The van der Waals surface area contributed by atoms with Crippen LogP contribution in [0, 0.1) is 0 Å². The van der Waals surface area contributed by atoms with E-state index in [0.29, 0.717) is 6.42 Å². The van der Waals surface area contributed by atoms with Gasteiger partial charge in [0, 0.05) is 31.8 Å². The van der Waals surface area contributed by atoms with Crippen molar-refractivity contribution in [3.05, 3.63) is 66.4 Å². The Morgan fingerprint density at radius 1 is 1.20 bits per heavy atom. The summed E-state index contributed by atoms with van der Waals surface area (Å²) in [5.41, 5.74) is 0.963. The van der Waals surface area contributed by atoms with Crippen LogP contribution in [0.25, 0.3) is 0 Å². The average molecular weight is 417 g/mol. The van der Waals surface area contributed by atoms with E-state index in [1.807, 2.05) is 16.8 Å². The Balaban J connectivity index is 1.51. The van der Waals surface area contributed by atoms with E-state index in [1.54, 1.807) is 36.8 Å². The highest BCUT2D eigenvalue weighted by Crippen LogP contribution is 2.44. The fraction of sp³-hybridized carbons (Fsp3) is 0.381. The Labute approximate surface area is 171 Å². The van der Waals surface area contributed by atoms with Crippen LogP contribution in [0.4, 0.5) is 19.0 Å². The standard InChI is InChI=1S/C21H22F3N5O/c22-21(23,24)19-12-17(15-6-2-1-3-7-15)27-20-16(13-26-29(19)20)18(30)8-4-5-10-28-11-9-25-14-28/h1-3,6-7,9,11,13-14,17,19,27H,4-5,8,10,12H2. The summed E-state index contributed by atoms with van der Waals surface area (Å²) in [6.07, 6.45) is 3.53. The number of hydrogen-bond donors (Lipinski definition) is 1. The molecule has 0 radical (unpaired) electrons. The lowest BCUT2D eigenvalue weighted by molar-refractivity contribution is -0.173. The van der Waals surface area contributed by atoms with Crippen LogP contribution in [0.3, 0.4) is 0 Å². The molecule has 1 aliphatic heterocycles. The minimum Gasteiger partial charge on any atom is -0.363 e. The lowest BCUT2D eigenvalue weighted by Gasteiger charge is -2.34. The van der Waals surface area contributed by atoms with Crippen LogP contribution in [-0.4, -0.2) is 31.3 Å². The number of carbonyl (C=O) groups is 1. The zero-order valence-corrected chi connectivity index (χ0v) is 16.2. The number of nitrogens with one attached hydrogen (secondary N) is 1. The molecule has 6 nitrogen and oxygen atoms in total. The van der Waals surface area contributed by atoms with E-state index in [2.05, 4.69) is 15.4 Å². The molecule has 2 aromatic heterocycles. The number of Topliss-reactive ketones (excluding diaryl/α,β-unsaturated/α-hetero) is 1. The molecular formula is C21H22F3N5O. The fourth-order valence-electron chi connectivity index (χ4n) is 3.80. The van der Waals surface area contributed by atoms with Gasteiger partial charge in [0.25, 0.3) is 0 Å². The molecule has 2 atom stereocenters. The molecule has 1 aromatic carbocycles. The van der Waals surface area contributed by atoms with Crippen LogP contribution >= 0.6 is 0 Å². The number of aromatic nitrogens is 4. The van der Waals surface area contributed by atoms with Crippen molar-refractivity contribution >= 4 is 11.6 Å².